The average Bonchev–Trinajstić information content (AvgIpc) is 3.12. The van der Waals surface area contributed by atoms with Crippen molar-refractivity contribution in [2.75, 3.05) is 31.2 Å². The number of hydrogen-bond acceptors (Lipinski definition) is 6. The predicted octanol–water partition coefficient (Wildman–Crippen LogP) is 1.02. The molecule has 9 nitrogen and oxygen atoms in total. The zero-order chi connectivity index (χ0) is 22.0. The molecule has 168 valence electrons. The molecular formula is C19H23F3N6O3. The van der Waals surface area contributed by atoms with E-state index in [-0.39, 0.29) is 24.2 Å². The van der Waals surface area contributed by atoms with E-state index in [0.29, 0.717) is 62.9 Å². The number of halogens is 3. The Bertz CT molecular complexity index is 1010. The molecule has 0 radical (unpaired) electrons. The molecule has 1 aliphatic heterocycles. The van der Waals surface area contributed by atoms with Gasteiger partial charge in [0.2, 0.25) is 11.9 Å². The van der Waals surface area contributed by atoms with E-state index in [0.717, 1.165) is 11.1 Å². The van der Waals surface area contributed by atoms with Crippen LogP contribution < -0.4 is 15.8 Å². The maximum atomic E-state index is 13.3. The zero-order valence-electron chi connectivity index (χ0n) is 16.8. The summed E-state index contributed by atoms with van der Waals surface area (Å²) in [6, 6.07) is 1.28. The lowest BCUT2D eigenvalue weighted by Crippen LogP contribution is -2.38. The van der Waals surface area contributed by atoms with Gasteiger partial charge in [-0.2, -0.15) is 18.3 Å². The third-order valence-corrected chi connectivity index (χ3v) is 5.38. The number of fused-ring (bicyclic) bond motifs is 1. The Labute approximate surface area is 175 Å². The molecule has 2 N–H and O–H groups in total. The lowest BCUT2D eigenvalue weighted by atomic mass is 9.95. The van der Waals surface area contributed by atoms with E-state index in [1.165, 1.54) is 6.07 Å². The minimum atomic E-state index is -4.55. The van der Waals surface area contributed by atoms with Crippen LogP contribution in [0.5, 0.6) is 0 Å². The summed E-state index contributed by atoms with van der Waals surface area (Å²) in [6.07, 6.45) is -2.34. The molecule has 1 amide bonds. The van der Waals surface area contributed by atoms with Gasteiger partial charge >= 0.3 is 6.18 Å². The number of nitrogens with zero attached hydrogens (tertiary/aromatic N) is 4. The number of hydrogen-bond donors (Lipinski definition) is 2. The van der Waals surface area contributed by atoms with Crippen LogP contribution in [0.3, 0.4) is 0 Å². The molecule has 1 fully saturated rings. The smallest absolute Gasteiger partial charge is 0.378 e. The first-order valence-corrected chi connectivity index (χ1v) is 10.2. The van der Waals surface area contributed by atoms with E-state index in [9.17, 15) is 22.8 Å². The number of H-pyrrole nitrogens is 1. The first-order chi connectivity index (χ1) is 14.8. The number of ether oxygens (including phenoxy) is 1. The van der Waals surface area contributed by atoms with Crippen molar-refractivity contribution in [3.05, 3.63) is 39.1 Å². The monoisotopic (exact) mass is 440 g/mol. The maximum Gasteiger partial charge on any atom is 0.435 e. The molecule has 1 aliphatic carbocycles. The van der Waals surface area contributed by atoms with Gasteiger partial charge in [0.1, 0.15) is 6.54 Å². The number of alkyl halides is 3. The van der Waals surface area contributed by atoms with Crippen LogP contribution >= 0.6 is 0 Å². The molecule has 2 aromatic heterocycles. The van der Waals surface area contributed by atoms with E-state index >= 15 is 0 Å². The SMILES string of the molecule is O=C(Cn1nc(C(F)(F)F)c2c1CCCC2)NCc1cc(=O)[nH]c(N2CCOCC2)n1. The Hall–Kier alpha value is -2.89. The zero-order valence-corrected chi connectivity index (χ0v) is 16.8. The van der Waals surface area contributed by atoms with Crippen LogP contribution in [-0.2, 0) is 41.6 Å². The molecule has 0 aromatic carbocycles. The van der Waals surface area contributed by atoms with Gasteiger partial charge in [-0.25, -0.2) is 4.98 Å². The lowest BCUT2D eigenvalue weighted by molar-refractivity contribution is -0.142. The highest BCUT2D eigenvalue weighted by atomic mass is 19.4. The van der Waals surface area contributed by atoms with Crippen LogP contribution in [0, 0.1) is 0 Å². The first kappa shape index (κ1) is 21.3. The number of aromatic amines is 1. The topological polar surface area (TPSA) is 105 Å². The maximum absolute atomic E-state index is 13.3. The number of anilines is 1. The molecule has 2 aliphatic rings. The fraction of sp³-hybridized carbons (Fsp3) is 0.579. The number of aromatic nitrogens is 4. The van der Waals surface area contributed by atoms with Crippen molar-refractivity contribution in [2.24, 2.45) is 0 Å². The van der Waals surface area contributed by atoms with Gasteiger partial charge in [0.05, 0.1) is 25.5 Å². The quantitative estimate of drug-likeness (QED) is 0.719. The molecule has 12 heteroatoms. The number of amides is 1. The fourth-order valence-electron chi connectivity index (χ4n) is 3.92. The van der Waals surface area contributed by atoms with E-state index in [1.54, 1.807) is 0 Å². The number of carbonyl (C=O) groups excluding carboxylic acids is 1. The molecule has 0 atom stereocenters. The molecule has 2 aromatic rings. The molecule has 1 saturated heterocycles. The molecule has 31 heavy (non-hydrogen) atoms. The first-order valence-electron chi connectivity index (χ1n) is 10.2. The van der Waals surface area contributed by atoms with Crippen molar-refractivity contribution >= 4 is 11.9 Å². The molecule has 3 heterocycles. The summed E-state index contributed by atoms with van der Waals surface area (Å²) in [6.45, 7) is 1.89. The van der Waals surface area contributed by atoms with Crippen LogP contribution in [0.4, 0.5) is 19.1 Å². The van der Waals surface area contributed by atoms with Gasteiger partial charge in [-0.05, 0) is 25.7 Å². The summed E-state index contributed by atoms with van der Waals surface area (Å²) in [5, 5.41) is 6.31. The van der Waals surface area contributed by atoms with Gasteiger partial charge in [0.25, 0.3) is 5.56 Å². The van der Waals surface area contributed by atoms with Crippen LogP contribution in [0.1, 0.15) is 35.5 Å². The van der Waals surface area contributed by atoms with E-state index in [4.69, 9.17) is 4.74 Å². The predicted molar refractivity (Wildman–Crippen MR) is 104 cm³/mol. The second kappa shape index (κ2) is 8.69. The summed E-state index contributed by atoms with van der Waals surface area (Å²) in [5.74, 6) is -0.101. The Morgan fingerprint density at radius 1 is 1.23 bits per heavy atom. The van der Waals surface area contributed by atoms with Crippen molar-refractivity contribution in [3.63, 3.8) is 0 Å². The highest BCUT2D eigenvalue weighted by Gasteiger charge is 2.39. The van der Waals surface area contributed by atoms with Crippen LogP contribution in [0.2, 0.25) is 0 Å². The third-order valence-electron chi connectivity index (χ3n) is 5.38. The van der Waals surface area contributed by atoms with Crippen molar-refractivity contribution in [1.82, 2.24) is 25.1 Å². The van der Waals surface area contributed by atoms with Gasteiger partial charge in [0, 0.05) is 30.4 Å². The summed E-state index contributed by atoms with van der Waals surface area (Å²) in [5.41, 5.74) is -0.231. The van der Waals surface area contributed by atoms with E-state index in [1.807, 2.05) is 4.90 Å². The largest absolute Gasteiger partial charge is 0.435 e. The number of morpholine rings is 1. The minimum Gasteiger partial charge on any atom is -0.378 e. The second-order valence-corrected chi connectivity index (χ2v) is 7.57. The number of rotatable bonds is 5. The summed E-state index contributed by atoms with van der Waals surface area (Å²) in [7, 11) is 0. The van der Waals surface area contributed by atoms with E-state index in [2.05, 4.69) is 20.4 Å². The molecule has 4 rings (SSSR count). The Morgan fingerprint density at radius 3 is 2.71 bits per heavy atom. The fourth-order valence-corrected chi connectivity index (χ4v) is 3.92. The summed E-state index contributed by atoms with van der Waals surface area (Å²) in [4.78, 5) is 33.3. The number of carbonyl (C=O) groups is 1. The lowest BCUT2D eigenvalue weighted by Gasteiger charge is -2.27. The van der Waals surface area contributed by atoms with Gasteiger partial charge in [-0.15, -0.1) is 0 Å². The van der Waals surface area contributed by atoms with Crippen molar-refractivity contribution in [3.8, 4) is 0 Å². The van der Waals surface area contributed by atoms with Gasteiger partial charge < -0.3 is 15.0 Å². The number of nitrogens with one attached hydrogen (secondary N) is 2. The highest BCUT2D eigenvalue weighted by Crippen LogP contribution is 2.35. The standard InChI is InChI=1S/C19H23F3N6O3/c20-19(21,22)17-13-3-1-2-4-14(13)28(26-17)11-16(30)23-10-12-9-15(29)25-18(24-12)27-5-7-31-8-6-27/h9H,1-8,10-11H2,(H,23,30)(H,24,25,29). The molecular weight excluding hydrogens is 417 g/mol. The van der Waals surface area contributed by atoms with Crippen molar-refractivity contribution in [1.29, 1.82) is 0 Å². The van der Waals surface area contributed by atoms with Gasteiger partial charge in [-0.1, -0.05) is 0 Å². The Balaban J connectivity index is 1.44. The van der Waals surface area contributed by atoms with Crippen LogP contribution in [-0.4, -0.2) is 52.0 Å². The van der Waals surface area contributed by atoms with E-state index < -0.39 is 17.8 Å². The van der Waals surface area contributed by atoms with Crippen LogP contribution in [0.15, 0.2) is 10.9 Å². The van der Waals surface area contributed by atoms with Crippen molar-refractivity contribution < 1.29 is 22.7 Å². The highest BCUT2D eigenvalue weighted by molar-refractivity contribution is 5.75. The molecule has 0 bridgehead atoms. The normalized spacial score (nSPS) is 16.8. The second-order valence-electron chi connectivity index (χ2n) is 7.57. The van der Waals surface area contributed by atoms with Crippen molar-refractivity contribution in [2.45, 2.75) is 44.9 Å². The summed E-state index contributed by atoms with van der Waals surface area (Å²) >= 11 is 0. The average molecular weight is 440 g/mol. The molecule has 0 unspecified atom stereocenters. The summed E-state index contributed by atoms with van der Waals surface area (Å²) < 4.78 is 46.3. The molecule has 0 spiro atoms. The Kier molecular flexibility index (Phi) is 5.99. The minimum absolute atomic E-state index is 0.0182. The Morgan fingerprint density at radius 2 is 1.97 bits per heavy atom. The van der Waals surface area contributed by atoms with Gasteiger partial charge in [-0.3, -0.25) is 19.3 Å². The van der Waals surface area contributed by atoms with Crippen LogP contribution in [0.25, 0.3) is 0 Å². The van der Waals surface area contributed by atoms with Gasteiger partial charge in [0.15, 0.2) is 5.69 Å². The third kappa shape index (κ3) is 4.89. The molecule has 0 saturated carbocycles.